The number of aromatic nitrogens is 6. The van der Waals surface area contributed by atoms with Gasteiger partial charge in [0.05, 0.1) is 66.7 Å². The molecule has 0 radical (unpaired) electrons. The largest absolute Gasteiger partial charge is 0.537 e. The van der Waals surface area contributed by atoms with Gasteiger partial charge in [-0.15, -0.1) is 0 Å². The van der Waals surface area contributed by atoms with Crippen LogP contribution in [-0.4, -0.2) is 126 Å². The van der Waals surface area contributed by atoms with E-state index in [1.807, 2.05) is 0 Å². The van der Waals surface area contributed by atoms with E-state index >= 15 is 0 Å². The smallest absolute Gasteiger partial charge is 0.386 e. The van der Waals surface area contributed by atoms with Gasteiger partial charge in [0, 0.05) is 19.0 Å². The zero-order valence-corrected chi connectivity index (χ0v) is 43.1. The minimum absolute atomic E-state index is 0.0211. The monoisotopic (exact) mass is 1180 g/mol. The van der Waals surface area contributed by atoms with Crippen LogP contribution in [0.2, 0.25) is 0 Å². The molecule has 6 heterocycles. The number of nitrogens with two attached hydrogens (primary N) is 4. The quantitative estimate of drug-likeness (QED) is 0.0224. The molecule has 4 aromatic rings. The number of phosphoric ester groups is 3. The summed E-state index contributed by atoms with van der Waals surface area (Å²) in [6.07, 6.45) is -4.00. The highest BCUT2D eigenvalue weighted by atomic mass is 32.1. The molecule has 0 bridgehead atoms. The number of hydrogen-bond acceptors (Lipinski definition) is 27. The maximum Gasteiger partial charge on any atom is 0.537 e. The molecule has 0 amide bonds. The van der Waals surface area contributed by atoms with Gasteiger partial charge >= 0.3 is 46.9 Å². The number of thiol groups is 2. The van der Waals surface area contributed by atoms with Crippen molar-refractivity contribution < 1.29 is 111 Å². The second kappa shape index (κ2) is 23.5. The Labute approximate surface area is 415 Å². The molecule has 2 aliphatic rings. The van der Waals surface area contributed by atoms with Gasteiger partial charge in [0.25, 0.3) is 0 Å². The fourth-order valence-corrected chi connectivity index (χ4v) is 13.9. The average molecular weight is 1180 g/mol. The van der Waals surface area contributed by atoms with E-state index in [1.165, 1.54) is 6.33 Å². The molecular formula is C30H42N10O24P6S2. The van der Waals surface area contributed by atoms with Crippen LogP contribution in [0.25, 0.3) is 22.1 Å². The molecule has 398 valence electrons. The number of anilines is 2. The Morgan fingerprint density at radius 1 is 0.653 bits per heavy atom. The van der Waals surface area contributed by atoms with Crippen LogP contribution < -0.4 is 27.5 Å². The van der Waals surface area contributed by atoms with E-state index in [9.17, 15) is 51.9 Å². The molecule has 2 saturated heterocycles. The highest BCUT2D eigenvalue weighted by Crippen LogP contribution is 2.69. The first-order chi connectivity index (χ1) is 33.6. The van der Waals surface area contributed by atoms with Gasteiger partial charge in [0.2, 0.25) is 5.88 Å². The topological polar surface area (TPSA) is 511 Å². The number of nitrogens with zero attached hydrogens (tertiary/aromatic N) is 6. The lowest BCUT2D eigenvalue weighted by Gasteiger charge is -2.22. The van der Waals surface area contributed by atoms with Gasteiger partial charge in [-0.3, -0.25) is 18.5 Å². The van der Waals surface area contributed by atoms with Crippen LogP contribution in [0.1, 0.15) is 36.4 Å². The van der Waals surface area contributed by atoms with Gasteiger partial charge in [0.15, 0.2) is 5.65 Å². The molecule has 72 heavy (non-hydrogen) atoms. The van der Waals surface area contributed by atoms with Crippen molar-refractivity contribution in [2.24, 2.45) is 11.5 Å². The van der Waals surface area contributed by atoms with E-state index in [0.717, 1.165) is 10.9 Å². The third kappa shape index (κ3) is 14.9. The Hall–Kier alpha value is -2.92. The predicted octanol–water partition coefficient (Wildman–Crippen LogP) is 0.854. The maximum atomic E-state index is 13.7. The van der Waals surface area contributed by atoms with Crippen molar-refractivity contribution in [3.63, 3.8) is 0 Å². The van der Waals surface area contributed by atoms with Crippen LogP contribution in [0.3, 0.4) is 0 Å². The van der Waals surface area contributed by atoms with Gasteiger partial charge in [-0.2, -0.15) is 42.5 Å². The van der Waals surface area contributed by atoms with Crippen LogP contribution >= 0.6 is 72.2 Å². The number of phosphoric acid groups is 6. The van der Waals surface area contributed by atoms with Crippen LogP contribution in [0, 0.1) is 23.7 Å². The Morgan fingerprint density at radius 3 is 1.68 bits per heavy atom. The summed E-state index contributed by atoms with van der Waals surface area (Å²) in [5, 5.41) is 0.169. The van der Waals surface area contributed by atoms with Gasteiger partial charge in [0.1, 0.15) is 60.2 Å². The lowest BCUT2D eigenvalue weighted by Crippen LogP contribution is -2.28. The highest BCUT2D eigenvalue weighted by molar-refractivity contribution is 7.80. The van der Waals surface area contributed by atoms with Gasteiger partial charge in [-0.1, -0.05) is 23.7 Å². The number of nitrogen functional groups attached to an aromatic ring is 2. The second-order valence-corrected chi connectivity index (χ2v) is 23.7. The molecule has 0 aromatic carbocycles. The molecular weight excluding hydrogens is 1130 g/mol. The van der Waals surface area contributed by atoms with Crippen molar-refractivity contribution in [3.8, 4) is 29.6 Å². The summed E-state index contributed by atoms with van der Waals surface area (Å²) in [4.78, 5) is 85.7. The molecule has 7 unspecified atom stereocenters. The minimum atomic E-state index is -6.22. The first-order valence-corrected chi connectivity index (χ1v) is 29.8. The minimum Gasteiger partial charge on any atom is -0.386 e. The molecule has 0 saturated carbocycles. The van der Waals surface area contributed by atoms with E-state index in [0.29, 0.717) is 16.6 Å². The molecule has 0 spiro atoms. The molecule has 34 nitrogen and oxygen atoms in total. The number of ether oxygens (including phenoxy) is 4. The lowest BCUT2D eigenvalue weighted by atomic mass is 10.2. The van der Waals surface area contributed by atoms with Crippen molar-refractivity contribution in [3.05, 3.63) is 30.0 Å². The number of hydrogen-bond donors (Lipinski definition) is 13. The highest BCUT2D eigenvalue weighted by Gasteiger charge is 2.48. The third-order valence-corrected chi connectivity index (χ3v) is 17.7. The normalized spacial score (nSPS) is 24.5. The van der Waals surface area contributed by atoms with E-state index in [1.54, 1.807) is 10.8 Å². The Kier molecular flexibility index (Phi) is 19.1. The maximum absolute atomic E-state index is 13.7. The standard InChI is InChI=1S/C30H42N10O24P6S2/c31-5-1-3-16-9-39(28-24(16)26(33)35-12-37-28)22-7-18(54-14-71)20(58-22)10-56-67(46,47)63-70(52,53)64-68(48,49)60-30-17(4-2-6-32)25-27(34)36-13-38-29(25)40(30)23-8-19(55-15-72)21(59-23)11-57-66(44,45)62-69(50,51)61-65(41,42)43/h9,12-13,18-23,71-72H,5-8,10-11,14-15,31-32H2,(H,44,45)(H,46,47)(H,48,49)(H,50,51)(H,52,53)(H2,33,35,37)(H2,34,36,38)(H2,41,42,43)/t18?,19?,20-,21-,22-,23-/m1/s1. The summed E-state index contributed by atoms with van der Waals surface area (Å²) in [7, 11) is -35.5. The molecule has 4 aromatic heterocycles. The zero-order chi connectivity index (χ0) is 53.0. The second-order valence-electron chi connectivity index (χ2n) is 14.2. The molecule has 0 aliphatic carbocycles. The van der Waals surface area contributed by atoms with Crippen molar-refractivity contribution in [2.45, 2.75) is 49.7 Å². The Morgan fingerprint density at radius 2 is 1.14 bits per heavy atom. The first-order valence-electron chi connectivity index (χ1n) is 19.5. The first kappa shape index (κ1) is 58.3. The number of rotatable bonds is 22. The van der Waals surface area contributed by atoms with Gasteiger partial charge in [-0.05, 0) is 0 Å². The van der Waals surface area contributed by atoms with E-state index in [-0.39, 0.29) is 60.5 Å². The molecule has 11 atom stereocenters. The van der Waals surface area contributed by atoms with Crippen molar-refractivity contribution in [2.75, 3.05) is 49.6 Å². The molecule has 2 fully saturated rings. The van der Waals surface area contributed by atoms with Gasteiger partial charge in [-0.25, -0.2) is 47.3 Å². The summed E-state index contributed by atoms with van der Waals surface area (Å²) < 4.78 is 132. The van der Waals surface area contributed by atoms with Crippen LogP contribution in [-0.2, 0) is 72.6 Å². The summed E-state index contributed by atoms with van der Waals surface area (Å²) in [5.41, 5.74) is 23.3. The van der Waals surface area contributed by atoms with Crippen LogP contribution in [0.5, 0.6) is 5.88 Å². The van der Waals surface area contributed by atoms with E-state index < -0.39 is 108 Å². The predicted molar refractivity (Wildman–Crippen MR) is 248 cm³/mol. The fourth-order valence-electron chi connectivity index (χ4n) is 6.95. The molecule has 42 heteroatoms. The van der Waals surface area contributed by atoms with E-state index in [4.69, 9.17) is 65.2 Å². The Balaban J connectivity index is 1.21. The van der Waals surface area contributed by atoms with Crippen LogP contribution in [0.15, 0.2) is 18.9 Å². The summed E-state index contributed by atoms with van der Waals surface area (Å²) in [6, 6.07) is 0. The number of fused-ring (bicyclic) bond motifs is 2. The molecule has 2 aliphatic heterocycles. The summed E-state index contributed by atoms with van der Waals surface area (Å²) in [6.45, 7) is -2.28. The molecule has 15 N–H and O–H groups in total. The molecule has 6 rings (SSSR count). The fraction of sp³-hybridized carbons (Fsp3) is 0.467. The van der Waals surface area contributed by atoms with Crippen LogP contribution in [0.4, 0.5) is 11.6 Å². The van der Waals surface area contributed by atoms with Crippen molar-refractivity contribution >= 4 is 106 Å². The SMILES string of the molecule is NCC#Cc1cn([C@H]2CC(OCS)[C@@H](COP(=O)(O)OP(=O)(O)OP(=O)(O)Oc3c(C#CCN)c4c(N)ncnc4n3[C@H]3CC(OCS)[C@@H](COP(=O)(O)OP(=O)(O)OP(=O)(O)O)O3)O2)c2ncnc(N)c12. The third-order valence-electron chi connectivity index (χ3n) is 9.42. The summed E-state index contributed by atoms with van der Waals surface area (Å²) >= 11 is 8.07. The Bertz CT molecular complexity index is 3090. The van der Waals surface area contributed by atoms with Gasteiger partial charge < -0.3 is 80.3 Å². The van der Waals surface area contributed by atoms with E-state index in [2.05, 4.69) is 86.1 Å². The average Bonchev–Trinajstić information content (AvgIpc) is 4.01. The van der Waals surface area contributed by atoms with Crippen molar-refractivity contribution in [1.29, 1.82) is 0 Å². The lowest BCUT2D eigenvalue weighted by molar-refractivity contribution is -0.0531. The van der Waals surface area contributed by atoms with Crippen molar-refractivity contribution in [1.82, 2.24) is 29.1 Å². The summed E-state index contributed by atoms with van der Waals surface area (Å²) in [5.74, 6) is 8.89. The zero-order valence-electron chi connectivity index (χ0n) is 36.0.